The van der Waals surface area contributed by atoms with E-state index in [1.807, 2.05) is 0 Å². The Bertz CT molecular complexity index is 1290. The van der Waals surface area contributed by atoms with Gasteiger partial charge in [-0.2, -0.15) is 5.10 Å². The van der Waals surface area contributed by atoms with Gasteiger partial charge in [0.1, 0.15) is 11.5 Å². The number of nitrogens with two attached hydrogens (primary N) is 1. The normalized spacial score (nSPS) is 15.8. The molecule has 0 unspecified atom stereocenters. The fourth-order valence-corrected chi connectivity index (χ4v) is 3.88. The molecule has 7 nitrogen and oxygen atoms in total. The molecule has 5 rings (SSSR count). The molecule has 2 N–H and O–H groups in total. The van der Waals surface area contributed by atoms with E-state index in [0.717, 1.165) is 0 Å². The summed E-state index contributed by atoms with van der Waals surface area (Å²) in [6, 6.07) is 8.78. The summed E-state index contributed by atoms with van der Waals surface area (Å²) in [5, 5.41) is 4.60. The Labute approximate surface area is 174 Å². The Kier molecular flexibility index (Phi) is 4.31. The molecule has 10 heteroatoms. The lowest BCUT2D eigenvalue weighted by molar-refractivity contribution is -0.117. The van der Waals surface area contributed by atoms with Crippen molar-refractivity contribution >= 4 is 11.6 Å². The van der Waals surface area contributed by atoms with Crippen LogP contribution in [-0.2, 0) is 11.2 Å². The van der Waals surface area contributed by atoms with Gasteiger partial charge in [-0.25, -0.2) is 27.7 Å². The van der Waals surface area contributed by atoms with E-state index >= 15 is 0 Å². The van der Waals surface area contributed by atoms with Crippen molar-refractivity contribution in [3.8, 4) is 22.6 Å². The monoisotopic (exact) mass is 426 g/mol. The molecule has 0 spiro atoms. The second-order valence-electron chi connectivity index (χ2n) is 7.66. The Morgan fingerprint density at radius 1 is 1.13 bits per heavy atom. The summed E-state index contributed by atoms with van der Waals surface area (Å²) >= 11 is 0. The zero-order valence-electron chi connectivity index (χ0n) is 16.2. The van der Waals surface area contributed by atoms with E-state index in [9.17, 15) is 18.0 Å². The number of hydrogen-bond acceptors (Lipinski definition) is 4. The van der Waals surface area contributed by atoms with Gasteiger partial charge in [-0.15, -0.1) is 0 Å². The van der Waals surface area contributed by atoms with Gasteiger partial charge in [-0.1, -0.05) is 0 Å². The topological polar surface area (TPSA) is 91.1 Å². The zero-order valence-corrected chi connectivity index (χ0v) is 16.2. The lowest BCUT2D eigenvalue weighted by Gasteiger charge is -2.36. The molecule has 1 aromatic carbocycles. The summed E-state index contributed by atoms with van der Waals surface area (Å²) < 4.78 is 43.8. The van der Waals surface area contributed by atoms with Crippen LogP contribution < -0.4 is 5.73 Å². The molecule has 1 amide bonds. The Morgan fingerprint density at radius 2 is 1.87 bits per heavy atom. The smallest absolute Gasteiger partial charge is 0.252 e. The number of primary amides is 1. The quantitative estimate of drug-likeness (QED) is 0.530. The molecule has 1 fully saturated rings. The SMILES string of the molecule is NC(=O)Cc1cnc2ccc(-c3c(-c4ccc(F)cc4)ncn3C3CC(F)(F)C3)nn12. The minimum Gasteiger partial charge on any atom is -0.369 e. The van der Waals surface area contributed by atoms with Crippen LogP contribution in [0.3, 0.4) is 0 Å². The lowest BCUT2D eigenvalue weighted by atomic mass is 9.87. The summed E-state index contributed by atoms with van der Waals surface area (Å²) in [5.41, 5.74) is 8.46. The van der Waals surface area contributed by atoms with Gasteiger partial charge >= 0.3 is 0 Å². The molecule has 0 aliphatic heterocycles. The van der Waals surface area contributed by atoms with Crippen LogP contribution in [0.2, 0.25) is 0 Å². The number of carbonyl (C=O) groups excluding carboxylic acids is 1. The number of nitrogens with zero attached hydrogens (tertiary/aromatic N) is 5. The maximum absolute atomic E-state index is 13.6. The number of benzene rings is 1. The van der Waals surface area contributed by atoms with Gasteiger partial charge in [-0.3, -0.25) is 4.79 Å². The molecule has 158 valence electrons. The first-order chi connectivity index (χ1) is 14.8. The van der Waals surface area contributed by atoms with Crippen LogP contribution >= 0.6 is 0 Å². The van der Waals surface area contributed by atoms with Crippen molar-refractivity contribution in [2.75, 3.05) is 0 Å². The van der Waals surface area contributed by atoms with Crippen molar-refractivity contribution in [3.63, 3.8) is 0 Å². The van der Waals surface area contributed by atoms with Crippen molar-refractivity contribution in [1.29, 1.82) is 0 Å². The van der Waals surface area contributed by atoms with E-state index in [4.69, 9.17) is 5.73 Å². The van der Waals surface area contributed by atoms with E-state index in [2.05, 4.69) is 15.1 Å². The molecule has 3 heterocycles. The number of imidazole rings is 2. The van der Waals surface area contributed by atoms with Crippen LogP contribution in [0.5, 0.6) is 0 Å². The first kappa shape index (κ1) is 19.3. The molecule has 4 aromatic rings. The Morgan fingerprint density at radius 3 is 2.55 bits per heavy atom. The highest BCUT2D eigenvalue weighted by molar-refractivity contribution is 5.78. The largest absolute Gasteiger partial charge is 0.369 e. The molecule has 0 saturated heterocycles. The van der Waals surface area contributed by atoms with Crippen molar-refractivity contribution in [2.24, 2.45) is 5.73 Å². The van der Waals surface area contributed by atoms with Gasteiger partial charge in [-0.05, 0) is 36.4 Å². The van der Waals surface area contributed by atoms with Gasteiger partial charge in [0, 0.05) is 24.4 Å². The van der Waals surface area contributed by atoms with Gasteiger partial charge in [0.2, 0.25) is 5.91 Å². The molecule has 0 atom stereocenters. The third-order valence-electron chi connectivity index (χ3n) is 5.40. The number of amides is 1. The Balaban J connectivity index is 1.66. The molecular weight excluding hydrogens is 409 g/mol. The van der Waals surface area contributed by atoms with Gasteiger partial charge in [0.05, 0.1) is 36.0 Å². The number of aromatic nitrogens is 5. The van der Waals surface area contributed by atoms with E-state index in [-0.39, 0.29) is 19.3 Å². The van der Waals surface area contributed by atoms with Crippen molar-refractivity contribution < 1.29 is 18.0 Å². The predicted molar refractivity (Wildman–Crippen MR) is 106 cm³/mol. The highest BCUT2D eigenvalue weighted by atomic mass is 19.3. The number of hydrogen-bond donors (Lipinski definition) is 1. The minimum absolute atomic E-state index is 0.0451. The van der Waals surface area contributed by atoms with Gasteiger partial charge in [0.25, 0.3) is 5.92 Å². The zero-order chi connectivity index (χ0) is 21.8. The molecular formula is C21H17F3N6O. The maximum atomic E-state index is 13.6. The molecule has 3 aromatic heterocycles. The van der Waals surface area contributed by atoms with Crippen LogP contribution in [0, 0.1) is 5.82 Å². The van der Waals surface area contributed by atoms with E-state index < -0.39 is 23.7 Å². The molecule has 0 bridgehead atoms. The number of halogens is 3. The van der Waals surface area contributed by atoms with Crippen molar-refractivity contribution in [2.45, 2.75) is 31.2 Å². The summed E-state index contributed by atoms with van der Waals surface area (Å²) in [7, 11) is 0. The number of carbonyl (C=O) groups is 1. The van der Waals surface area contributed by atoms with Crippen molar-refractivity contribution in [1.82, 2.24) is 24.1 Å². The van der Waals surface area contributed by atoms with Gasteiger partial charge in [0.15, 0.2) is 5.65 Å². The van der Waals surface area contributed by atoms with E-state index in [1.54, 1.807) is 28.8 Å². The highest BCUT2D eigenvalue weighted by Gasteiger charge is 2.47. The Hall–Kier alpha value is -3.69. The number of rotatable bonds is 5. The highest BCUT2D eigenvalue weighted by Crippen LogP contribution is 2.47. The molecule has 1 saturated carbocycles. The third kappa shape index (κ3) is 3.43. The molecule has 1 aliphatic carbocycles. The fraction of sp³-hybridized carbons (Fsp3) is 0.238. The molecule has 0 radical (unpaired) electrons. The standard InChI is InChI=1S/C21H17F3N6O/c22-13-3-1-12(2-4-13)19-20(29(11-27-19)15-8-21(23,24)9-15)16-5-6-18-26-10-14(7-17(25)31)30(18)28-16/h1-6,10-11,15H,7-9H2,(H2,25,31). The summed E-state index contributed by atoms with van der Waals surface area (Å²) in [5.74, 6) is -3.63. The fourth-order valence-electron chi connectivity index (χ4n) is 3.88. The van der Waals surface area contributed by atoms with Crippen LogP contribution in [0.1, 0.15) is 24.6 Å². The summed E-state index contributed by atoms with van der Waals surface area (Å²) in [4.78, 5) is 20.0. The first-order valence-electron chi connectivity index (χ1n) is 9.64. The maximum Gasteiger partial charge on any atom is 0.252 e. The number of fused-ring (bicyclic) bond motifs is 1. The molecule has 1 aliphatic rings. The average Bonchev–Trinajstić information content (AvgIpc) is 3.30. The second-order valence-corrected chi connectivity index (χ2v) is 7.66. The van der Waals surface area contributed by atoms with E-state index in [1.165, 1.54) is 29.2 Å². The summed E-state index contributed by atoms with van der Waals surface area (Å²) in [6.45, 7) is 0. The average molecular weight is 426 g/mol. The van der Waals surface area contributed by atoms with Gasteiger partial charge < -0.3 is 10.3 Å². The van der Waals surface area contributed by atoms with Crippen molar-refractivity contribution in [3.05, 3.63) is 60.4 Å². The van der Waals surface area contributed by atoms with Crippen LogP contribution in [-0.4, -0.2) is 36.0 Å². The second kappa shape index (κ2) is 6.93. The first-order valence-corrected chi connectivity index (χ1v) is 9.64. The third-order valence-corrected chi connectivity index (χ3v) is 5.40. The van der Waals surface area contributed by atoms with Crippen LogP contribution in [0.15, 0.2) is 48.9 Å². The summed E-state index contributed by atoms with van der Waals surface area (Å²) in [6.07, 6.45) is 2.40. The number of alkyl halides is 2. The minimum atomic E-state index is -2.71. The van der Waals surface area contributed by atoms with Crippen LogP contribution in [0.25, 0.3) is 28.3 Å². The predicted octanol–water partition coefficient (Wildman–Crippen LogP) is 3.40. The van der Waals surface area contributed by atoms with E-state index in [0.29, 0.717) is 34.0 Å². The molecule has 31 heavy (non-hydrogen) atoms. The lowest BCUT2D eigenvalue weighted by Crippen LogP contribution is -2.37. The van der Waals surface area contributed by atoms with Crippen LogP contribution in [0.4, 0.5) is 13.2 Å².